The fraction of sp³-hybridized carbons (Fsp3) is 0.333. The van der Waals surface area contributed by atoms with Crippen molar-refractivity contribution in [3.8, 4) is 0 Å². The minimum absolute atomic E-state index is 0.263. The van der Waals surface area contributed by atoms with E-state index in [1.54, 1.807) is 0 Å². The molecule has 0 saturated heterocycles. The number of carbonyl (C=O) groups is 1. The molecule has 3 N–H and O–H groups in total. The van der Waals surface area contributed by atoms with Gasteiger partial charge in [-0.2, -0.15) is 5.10 Å². The topological polar surface area (TPSA) is 69.8 Å². The summed E-state index contributed by atoms with van der Waals surface area (Å²) in [6.07, 6.45) is 2.39. The third-order valence-electron chi connectivity index (χ3n) is 3.32. The van der Waals surface area contributed by atoms with E-state index in [4.69, 9.17) is 0 Å². The number of aromatic nitrogens is 2. The fourth-order valence-corrected chi connectivity index (χ4v) is 2.32. The highest BCUT2D eigenvalue weighted by atomic mass is 16.2. The van der Waals surface area contributed by atoms with Crippen molar-refractivity contribution >= 4 is 17.5 Å². The lowest BCUT2D eigenvalue weighted by atomic mass is 10.1. The zero-order chi connectivity index (χ0) is 14.1. The summed E-state index contributed by atoms with van der Waals surface area (Å²) in [4.78, 5) is 11.9. The maximum Gasteiger partial charge on any atom is 0.324 e. The van der Waals surface area contributed by atoms with Crippen molar-refractivity contribution in [2.45, 2.75) is 32.6 Å². The zero-order valence-corrected chi connectivity index (χ0v) is 11.7. The van der Waals surface area contributed by atoms with Gasteiger partial charge in [0.2, 0.25) is 0 Å². The molecule has 20 heavy (non-hydrogen) atoms. The van der Waals surface area contributed by atoms with E-state index in [9.17, 15) is 4.79 Å². The van der Waals surface area contributed by atoms with Crippen molar-refractivity contribution in [2.75, 3.05) is 10.6 Å². The van der Waals surface area contributed by atoms with Gasteiger partial charge in [0.25, 0.3) is 0 Å². The molecule has 5 heteroatoms. The van der Waals surface area contributed by atoms with Crippen LogP contribution in [0.25, 0.3) is 0 Å². The largest absolute Gasteiger partial charge is 0.324 e. The summed E-state index contributed by atoms with van der Waals surface area (Å²) in [5.41, 5.74) is 4.07. The molecule has 1 fully saturated rings. The quantitative estimate of drug-likeness (QED) is 0.798. The van der Waals surface area contributed by atoms with Crippen molar-refractivity contribution < 1.29 is 4.79 Å². The maximum atomic E-state index is 11.9. The van der Waals surface area contributed by atoms with Crippen molar-refractivity contribution in [1.29, 1.82) is 0 Å². The average molecular weight is 270 g/mol. The first-order chi connectivity index (χ1) is 9.60. The Balaban J connectivity index is 1.63. The van der Waals surface area contributed by atoms with Gasteiger partial charge >= 0.3 is 6.03 Å². The number of nitrogens with zero attached hydrogens (tertiary/aromatic N) is 1. The lowest BCUT2D eigenvalue weighted by molar-refractivity contribution is 0.262. The van der Waals surface area contributed by atoms with Crippen LogP contribution in [0, 0.1) is 13.8 Å². The number of rotatable bonds is 3. The lowest BCUT2D eigenvalue weighted by Gasteiger charge is -2.07. The molecule has 1 aromatic heterocycles. The number of H-pyrrole nitrogens is 1. The standard InChI is InChI=1S/C15H18N4O/c1-9-5-10(2)7-12(6-9)16-15(20)17-14-8-13(18-19-14)11-3-4-11/h5-8,11H,3-4H2,1-2H3,(H3,16,17,18,19,20). The number of benzene rings is 1. The van der Waals surface area contributed by atoms with E-state index < -0.39 is 0 Å². The molecular weight excluding hydrogens is 252 g/mol. The third-order valence-corrected chi connectivity index (χ3v) is 3.32. The minimum Gasteiger partial charge on any atom is -0.308 e. The number of anilines is 2. The third kappa shape index (κ3) is 2.99. The van der Waals surface area contributed by atoms with Gasteiger partial charge in [-0.05, 0) is 49.9 Å². The summed E-state index contributed by atoms with van der Waals surface area (Å²) < 4.78 is 0. The number of hydrogen-bond acceptors (Lipinski definition) is 2. The van der Waals surface area contributed by atoms with Crippen molar-refractivity contribution in [1.82, 2.24) is 10.2 Å². The molecule has 2 amide bonds. The molecule has 104 valence electrons. The molecule has 0 aliphatic heterocycles. The number of carbonyl (C=O) groups excluding carboxylic acids is 1. The van der Waals surface area contributed by atoms with Crippen LogP contribution in [0.3, 0.4) is 0 Å². The van der Waals surface area contributed by atoms with E-state index in [2.05, 4.69) is 26.9 Å². The Morgan fingerprint density at radius 1 is 1.15 bits per heavy atom. The molecule has 5 nitrogen and oxygen atoms in total. The predicted octanol–water partition coefficient (Wildman–Crippen LogP) is 3.55. The monoisotopic (exact) mass is 270 g/mol. The lowest BCUT2D eigenvalue weighted by Crippen LogP contribution is -2.19. The number of aryl methyl sites for hydroxylation is 2. The molecule has 0 spiro atoms. The molecule has 1 saturated carbocycles. The summed E-state index contributed by atoms with van der Waals surface area (Å²) in [6.45, 7) is 4.01. The molecule has 0 radical (unpaired) electrons. The Hall–Kier alpha value is -2.30. The van der Waals surface area contributed by atoms with Gasteiger partial charge in [0, 0.05) is 17.7 Å². The van der Waals surface area contributed by atoms with E-state index in [1.165, 1.54) is 12.8 Å². The van der Waals surface area contributed by atoms with E-state index in [1.807, 2.05) is 32.0 Å². The predicted molar refractivity (Wildman–Crippen MR) is 79.1 cm³/mol. The summed E-state index contributed by atoms with van der Waals surface area (Å²) in [5.74, 6) is 1.21. The number of aromatic amines is 1. The van der Waals surface area contributed by atoms with Crippen molar-refractivity contribution in [2.24, 2.45) is 0 Å². The fourth-order valence-electron chi connectivity index (χ4n) is 2.32. The Labute approximate surface area is 117 Å². The van der Waals surface area contributed by atoms with Crippen LogP contribution >= 0.6 is 0 Å². The van der Waals surface area contributed by atoms with Gasteiger partial charge in [-0.25, -0.2) is 4.79 Å². The van der Waals surface area contributed by atoms with Crippen LogP contribution in [-0.4, -0.2) is 16.2 Å². The SMILES string of the molecule is Cc1cc(C)cc(NC(=O)Nc2cc(C3CC3)n[nH]2)c1. The Morgan fingerprint density at radius 3 is 2.50 bits per heavy atom. The first-order valence-electron chi connectivity index (χ1n) is 6.82. The first kappa shape index (κ1) is 12.7. The number of amides is 2. The molecule has 0 unspecified atom stereocenters. The molecular formula is C15H18N4O. The van der Waals surface area contributed by atoms with E-state index in [0.29, 0.717) is 11.7 Å². The summed E-state index contributed by atoms with van der Waals surface area (Å²) in [6, 6.07) is 7.59. The second-order valence-electron chi connectivity index (χ2n) is 5.44. The van der Waals surface area contributed by atoms with Gasteiger partial charge in [0.1, 0.15) is 5.82 Å². The van der Waals surface area contributed by atoms with E-state index in [0.717, 1.165) is 22.5 Å². The van der Waals surface area contributed by atoms with Gasteiger partial charge in [-0.15, -0.1) is 0 Å². The summed E-state index contributed by atoms with van der Waals surface area (Å²) in [7, 11) is 0. The van der Waals surface area contributed by atoms with Crippen LogP contribution in [-0.2, 0) is 0 Å². The molecule has 2 aromatic rings. The first-order valence-corrected chi connectivity index (χ1v) is 6.82. The molecule has 0 atom stereocenters. The normalized spacial score (nSPS) is 14.1. The van der Waals surface area contributed by atoms with Crippen LogP contribution in [0.15, 0.2) is 24.3 Å². The second kappa shape index (κ2) is 5.00. The molecule has 0 bridgehead atoms. The number of urea groups is 1. The molecule has 1 heterocycles. The second-order valence-corrected chi connectivity index (χ2v) is 5.44. The molecule has 1 aliphatic carbocycles. The van der Waals surface area contributed by atoms with Crippen LogP contribution in [0.2, 0.25) is 0 Å². The minimum atomic E-state index is -0.263. The zero-order valence-electron chi connectivity index (χ0n) is 11.7. The van der Waals surface area contributed by atoms with Crippen LogP contribution in [0.1, 0.15) is 35.6 Å². The molecule has 1 aliphatic rings. The van der Waals surface area contributed by atoms with Crippen molar-refractivity contribution in [3.63, 3.8) is 0 Å². The van der Waals surface area contributed by atoms with Crippen LogP contribution in [0.5, 0.6) is 0 Å². The highest BCUT2D eigenvalue weighted by Gasteiger charge is 2.26. The van der Waals surface area contributed by atoms with Gasteiger partial charge < -0.3 is 5.32 Å². The Morgan fingerprint density at radius 2 is 1.85 bits per heavy atom. The highest BCUT2D eigenvalue weighted by Crippen LogP contribution is 2.39. The maximum absolute atomic E-state index is 11.9. The van der Waals surface area contributed by atoms with Gasteiger partial charge in [-0.1, -0.05) is 6.07 Å². The number of hydrogen-bond donors (Lipinski definition) is 3. The summed E-state index contributed by atoms with van der Waals surface area (Å²) in [5, 5.41) is 12.6. The molecule has 1 aromatic carbocycles. The smallest absolute Gasteiger partial charge is 0.308 e. The Kier molecular flexibility index (Phi) is 3.18. The molecule has 3 rings (SSSR count). The number of nitrogens with one attached hydrogen (secondary N) is 3. The van der Waals surface area contributed by atoms with Gasteiger partial charge in [0.05, 0.1) is 5.69 Å². The van der Waals surface area contributed by atoms with Crippen LogP contribution < -0.4 is 10.6 Å². The average Bonchev–Trinajstić information content (AvgIpc) is 3.09. The highest BCUT2D eigenvalue weighted by molar-refractivity contribution is 5.99. The summed E-state index contributed by atoms with van der Waals surface area (Å²) >= 11 is 0. The Bertz CT molecular complexity index is 623. The van der Waals surface area contributed by atoms with E-state index >= 15 is 0 Å². The van der Waals surface area contributed by atoms with Crippen molar-refractivity contribution in [3.05, 3.63) is 41.1 Å². The van der Waals surface area contributed by atoms with Crippen LogP contribution in [0.4, 0.5) is 16.3 Å². The van der Waals surface area contributed by atoms with Gasteiger partial charge in [-0.3, -0.25) is 10.4 Å². The van der Waals surface area contributed by atoms with Gasteiger partial charge in [0.15, 0.2) is 0 Å². The van der Waals surface area contributed by atoms with E-state index in [-0.39, 0.29) is 6.03 Å².